The fraction of sp³-hybridized carbons (Fsp3) is 0.560. The lowest BCUT2D eigenvalue weighted by Crippen LogP contribution is -2.57. The normalized spacial score (nSPS) is 21.9. The molecule has 2 heterocycles. The Balaban J connectivity index is 1.95. The van der Waals surface area contributed by atoms with Crippen molar-refractivity contribution < 1.29 is 19.1 Å². The first-order valence-electron chi connectivity index (χ1n) is 11.8. The zero-order chi connectivity index (χ0) is 24.1. The number of urea groups is 1. The number of ether oxygens (including phenoxy) is 1. The van der Waals surface area contributed by atoms with E-state index >= 15 is 0 Å². The molecule has 3 amide bonds. The molecule has 2 aliphatic rings. The van der Waals surface area contributed by atoms with Crippen LogP contribution < -0.4 is 5.32 Å². The summed E-state index contributed by atoms with van der Waals surface area (Å²) < 4.78 is 5.43. The van der Waals surface area contributed by atoms with Gasteiger partial charge in [0.2, 0.25) is 5.91 Å². The summed E-state index contributed by atoms with van der Waals surface area (Å²) in [4.78, 5) is 44.5. The molecule has 1 N–H and O–H groups in total. The van der Waals surface area contributed by atoms with Gasteiger partial charge in [0.05, 0.1) is 18.2 Å². The van der Waals surface area contributed by atoms with Crippen molar-refractivity contribution in [1.82, 2.24) is 20.0 Å². The van der Waals surface area contributed by atoms with E-state index in [2.05, 4.69) is 10.2 Å². The summed E-state index contributed by atoms with van der Waals surface area (Å²) >= 11 is 0. The van der Waals surface area contributed by atoms with Crippen molar-refractivity contribution in [2.24, 2.45) is 5.92 Å². The molecule has 1 aromatic carbocycles. The van der Waals surface area contributed by atoms with Gasteiger partial charge in [-0.15, -0.1) is 0 Å². The maximum absolute atomic E-state index is 13.2. The number of rotatable bonds is 7. The van der Waals surface area contributed by atoms with E-state index in [1.54, 1.807) is 11.8 Å². The summed E-state index contributed by atoms with van der Waals surface area (Å²) in [5.74, 6) is -0.298. The van der Waals surface area contributed by atoms with Gasteiger partial charge in [0.25, 0.3) is 0 Å². The quantitative estimate of drug-likeness (QED) is 0.638. The molecule has 1 fully saturated rings. The van der Waals surface area contributed by atoms with Crippen LogP contribution in [0.3, 0.4) is 0 Å². The second-order valence-corrected chi connectivity index (χ2v) is 8.89. The third kappa shape index (κ3) is 5.38. The van der Waals surface area contributed by atoms with E-state index in [1.807, 2.05) is 62.9 Å². The summed E-state index contributed by atoms with van der Waals surface area (Å²) in [6.07, 6.45) is 0. The molecule has 0 bridgehead atoms. The Kier molecular flexibility index (Phi) is 8.13. The molecule has 0 spiro atoms. The smallest absolute Gasteiger partial charge is 0.338 e. The van der Waals surface area contributed by atoms with Crippen molar-refractivity contribution in [3.63, 3.8) is 0 Å². The first-order chi connectivity index (χ1) is 15.8. The van der Waals surface area contributed by atoms with Crippen LogP contribution >= 0.6 is 0 Å². The topological polar surface area (TPSA) is 82.2 Å². The molecular formula is C25H36N4O4. The highest BCUT2D eigenvalue weighted by atomic mass is 16.5. The number of nitrogens with one attached hydrogen (secondary N) is 1. The minimum Gasteiger partial charge on any atom is -0.463 e. The maximum atomic E-state index is 13.2. The zero-order valence-electron chi connectivity index (χ0n) is 20.3. The standard InChI is InChI=1S/C25H36N4O4/c1-6-28-20(16-27-13-14-29(18(5)15-27)23(30)17(3)4)21(24(31)33-7-2)22(26-25(28)32)19-11-9-8-10-12-19/h8-12,17-18,22H,6-7,13-16H2,1-5H3,(H,26,32)/t18-,22-/m0/s1. The van der Waals surface area contributed by atoms with Gasteiger partial charge in [-0.2, -0.15) is 0 Å². The number of carbonyl (C=O) groups excluding carboxylic acids is 3. The van der Waals surface area contributed by atoms with Crippen molar-refractivity contribution in [2.75, 3.05) is 39.3 Å². The van der Waals surface area contributed by atoms with Crippen LogP contribution in [0.5, 0.6) is 0 Å². The van der Waals surface area contributed by atoms with Gasteiger partial charge in [-0.05, 0) is 26.3 Å². The van der Waals surface area contributed by atoms with Gasteiger partial charge in [0.1, 0.15) is 0 Å². The molecule has 3 rings (SSSR count). The number of esters is 1. The molecule has 8 heteroatoms. The van der Waals surface area contributed by atoms with Gasteiger partial charge in [0, 0.05) is 50.4 Å². The fourth-order valence-electron chi connectivity index (χ4n) is 4.60. The van der Waals surface area contributed by atoms with Gasteiger partial charge in [-0.3, -0.25) is 14.6 Å². The van der Waals surface area contributed by atoms with Crippen LogP contribution in [0.4, 0.5) is 4.79 Å². The Morgan fingerprint density at radius 2 is 1.85 bits per heavy atom. The number of nitrogens with zero attached hydrogens (tertiary/aromatic N) is 3. The number of piperazine rings is 1. The molecule has 1 aromatic rings. The van der Waals surface area contributed by atoms with Gasteiger partial charge in [-0.25, -0.2) is 9.59 Å². The average molecular weight is 457 g/mol. The lowest BCUT2D eigenvalue weighted by Gasteiger charge is -2.43. The molecule has 1 saturated heterocycles. The Morgan fingerprint density at radius 3 is 2.42 bits per heavy atom. The highest BCUT2D eigenvalue weighted by Crippen LogP contribution is 2.32. The van der Waals surface area contributed by atoms with Crippen LogP contribution in [-0.2, 0) is 14.3 Å². The van der Waals surface area contributed by atoms with Crippen LogP contribution in [-0.4, -0.2) is 78.0 Å². The third-order valence-electron chi connectivity index (χ3n) is 6.24. The van der Waals surface area contributed by atoms with E-state index < -0.39 is 12.0 Å². The Hall–Kier alpha value is -2.87. The monoisotopic (exact) mass is 456 g/mol. The van der Waals surface area contributed by atoms with Crippen LogP contribution in [0.25, 0.3) is 0 Å². The molecule has 0 unspecified atom stereocenters. The number of amides is 3. The summed E-state index contributed by atoms with van der Waals surface area (Å²) in [5, 5.41) is 2.99. The van der Waals surface area contributed by atoms with Gasteiger partial charge in [0.15, 0.2) is 0 Å². The Bertz CT molecular complexity index is 899. The molecule has 180 valence electrons. The molecular weight excluding hydrogens is 420 g/mol. The molecule has 0 aromatic heterocycles. The lowest BCUT2D eigenvalue weighted by atomic mass is 9.94. The van der Waals surface area contributed by atoms with Crippen molar-refractivity contribution in [1.29, 1.82) is 0 Å². The number of benzene rings is 1. The van der Waals surface area contributed by atoms with Crippen LogP contribution in [0, 0.1) is 5.92 Å². The summed E-state index contributed by atoms with van der Waals surface area (Å²) in [5.41, 5.74) is 1.98. The van der Waals surface area contributed by atoms with E-state index in [-0.39, 0.29) is 30.5 Å². The van der Waals surface area contributed by atoms with Crippen molar-refractivity contribution >= 4 is 17.9 Å². The number of hydrogen-bond donors (Lipinski definition) is 1. The second-order valence-electron chi connectivity index (χ2n) is 8.89. The lowest BCUT2D eigenvalue weighted by molar-refractivity contribution is -0.139. The Labute approximate surface area is 196 Å². The van der Waals surface area contributed by atoms with Crippen LogP contribution in [0.1, 0.15) is 46.2 Å². The average Bonchev–Trinajstić information content (AvgIpc) is 2.79. The van der Waals surface area contributed by atoms with Crippen molar-refractivity contribution in [2.45, 2.75) is 46.7 Å². The molecule has 2 aliphatic heterocycles. The van der Waals surface area contributed by atoms with E-state index in [1.165, 1.54) is 0 Å². The third-order valence-corrected chi connectivity index (χ3v) is 6.24. The van der Waals surface area contributed by atoms with Crippen LogP contribution in [0.2, 0.25) is 0 Å². The number of likely N-dealkylation sites (N-methyl/N-ethyl adjacent to an activating group) is 1. The summed E-state index contributed by atoms with van der Waals surface area (Å²) in [6, 6.07) is 8.75. The van der Waals surface area contributed by atoms with Gasteiger partial charge >= 0.3 is 12.0 Å². The van der Waals surface area contributed by atoms with Crippen LogP contribution in [0.15, 0.2) is 41.6 Å². The predicted molar refractivity (Wildman–Crippen MR) is 126 cm³/mol. The highest BCUT2D eigenvalue weighted by molar-refractivity contribution is 5.95. The van der Waals surface area contributed by atoms with E-state index in [0.29, 0.717) is 44.0 Å². The zero-order valence-corrected chi connectivity index (χ0v) is 20.3. The minimum atomic E-state index is -0.572. The number of carbonyl (C=O) groups is 3. The van der Waals surface area contributed by atoms with Crippen molar-refractivity contribution in [3.05, 3.63) is 47.2 Å². The first kappa shape index (κ1) is 24.8. The maximum Gasteiger partial charge on any atom is 0.338 e. The predicted octanol–water partition coefficient (Wildman–Crippen LogP) is 2.78. The highest BCUT2D eigenvalue weighted by Gasteiger charge is 2.39. The molecule has 33 heavy (non-hydrogen) atoms. The first-order valence-corrected chi connectivity index (χ1v) is 11.8. The van der Waals surface area contributed by atoms with E-state index in [0.717, 1.165) is 5.56 Å². The summed E-state index contributed by atoms with van der Waals surface area (Å²) in [7, 11) is 0. The molecule has 0 saturated carbocycles. The fourth-order valence-corrected chi connectivity index (χ4v) is 4.60. The largest absolute Gasteiger partial charge is 0.463 e. The van der Waals surface area contributed by atoms with E-state index in [9.17, 15) is 14.4 Å². The molecule has 0 radical (unpaired) electrons. The van der Waals surface area contributed by atoms with E-state index in [4.69, 9.17) is 4.74 Å². The molecule has 0 aliphatic carbocycles. The number of hydrogen-bond acceptors (Lipinski definition) is 5. The summed E-state index contributed by atoms with van der Waals surface area (Å²) in [6.45, 7) is 12.7. The van der Waals surface area contributed by atoms with Gasteiger partial charge in [-0.1, -0.05) is 44.2 Å². The minimum absolute atomic E-state index is 0.0404. The van der Waals surface area contributed by atoms with Gasteiger partial charge < -0.3 is 15.0 Å². The molecule has 2 atom stereocenters. The molecule has 8 nitrogen and oxygen atoms in total. The Morgan fingerprint density at radius 1 is 1.15 bits per heavy atom. The SMILES string of the molecule is CCOC(=O)C1=C(CN2CCN(C(=O)C(C)C)[C@@H](C)C2)N(CC)C(=O)N[C@H]1c1ccccc1. The van der Waals surface area contributed by atoms with Crippen molar-refractivity contribution in [3.8, 4) is 0 Å². The second kappa shape index (κ2) is 10.8.